The van der Waals surface area contributed by atoms with Gasteiger partial charge < -0.3 is 0 Å². The van der Waals surface area contributed by atoms with E-state index in [1.807, 2.05) is 0 Å². The zero-order chi connectivity index (χ0) is 18.1. The van der Waals surface area contributed by atoms with E-state index in [-0.39, 0.29) is 0 Å². The van der Waals surface area contributed by atoms with Crippen molar-refractivity contribution < 1.29 is 0 Å². The Hall–Kier alpha value is -3.38. The maximum Gasteiger partial charge on any atom is -0.00877 e. The van der Waals surface area contributed by atoms with Crippen molar-refractivity contribution in [1.29, 1.82) is 0 Å². The molecule has 0 atom stereocenters. The molecule has 5 rings (SSSR count). The molecule has 0 aliphatic heterocycles. The standard InChI is InChI=1S/C27H20/c1-3-15-24-20(9-1)11-7-12-21(24)13-8-14-23-19-22-10-2-4-16-25(22)27-18-6-5-17-26(23)27/h1-13,15-19H,14H2/b13-8-. The van der Waals surface area contributed by atoms with Crippen molar-refractivity contribution in [2.75, 3.05) is 0 Å². The average molecular weight is 344 g/mol. The number of hydrogen-bond acceptors (Lipinski definition) is 0. The first kappa shape index (κ1) is 15.8. The lowest BCUT2D eigenvalue weighted by molar-refractivity contribution is 1.32. The summed E-state index contributed by atoms with van der Waals surface area (Å²) < 4.78 is 0. The molecule has 128 valence electrons. The van der Waals surface area contributed by atoms with Gasteiger partial charge in [0.1, 0.15) is 0 Å². The summed E-state index contributed by atoms with van der Waals surface area (Å²) in [4.78, 5) is 0. The lowest BCUT2D eigenvalue weighted by Gasteiger charge is -2.09. The summed E-state index contributed by atoms with van der Waals surface area (Å²) in [5.74, 6) is 0. The van der Waals surface area contributed by atoms with Crippen LogP contribution in [0.4, 0.5) is 0 Å². The van der Waals surface area contributed by atoms with Gasteiger partial charge >= 0.3 is 0 Å². The van der Waals surface area contributed by atoms with Crippen LogP contribution in [0.15, 0.2) is 103 Å². The van der Waals surface area contributed by atoms with Crippen LogP contribution in [0, 0.1) is 0 Å². The van der Waals surface area contributed by atoms with E-state index in [0.29, 0.717) is 0 Å². The number of rotatable bonds is 3. The third-order valence-corrected chi connectivity index (χ3v) is 5.31. The van der Waals surface area contributed by atoms with Gasteiger partial charge in [0.05, 0.1) is 0 Å². The number of hydrogen-bond donors (Lipinski definition) is 0. The Morgan fingerprint density at radius 2 is 1.15 bits per heavy atom. The second-order valence-electron chi connectivity index (χ2n) is 6.98. The molecule has 0 amide bonds. The highest BCUT2D eigenvalue weighted by atomic mass is 14.1. The zero-order valence-electron chi connectivity index (χ0n) is 15.1. The Labute approximate surface area is 159 Å². The van der Waals surface area contributed by atoms with E-state index in [1.165, 1.54) is 43.4 Å². The van der Waals surface area contributed by atoms with Gasteiger partial charge in [0, 0.05) is 0 Å². The molecule has 0 saturated heterocycles. The molecule has 0 heterocycles. The fourth-order valence-electron chi connectivity index (χ4n) is 4.01. The Balaban J connectivity index is 1.57. The van der Waals surface area contributed by atoms with Crippen LogP contribution in [-0.2, 0) is 6.42 Å². The quantitative estimate of drug-likeness (QED) is 0.299. The van der Waals surface area contributed by atoms with E-state index in [4.69, 9.17) is 0 Å². The topological polar surface area (TPSA) is 0 Å². The van der Waals surface area contributed by atoms with E-state index >= 15 is 0 Å². The fraction of sp³-hybridized carbons (Fsp3) is 0.0370. The number of allylic oxidation sites excluding steroid dienone is 1. The van der Waals surface area contributed by atoms with Crippen LogP contribution in [0.3, 0.4) is 0 Å². The molecule has 27 heavy (non-hydrogen) atoms. The molecule has 0 N–H and O–H groups in total. The van der Waals surface area contributed by atoms with E-state index in [2.05, 4.69) is 109 Å². The van der Waals surface area contributed by atoms with E-state index < -0.39 is 0 Å². The molecule has 0 radical (unpaired) electrons. The second-order valence-corrected chi connectivity index (χ2v) is 6.98. The van der Waals surface area contributed by atoms with Crippen molar-refractivity contribution in [2.45, 2.75) is 6.42 Å². The van der Waals surface area contributed by atoms with Gasteiger partial charge in [-0.3, -0.25) is 0 Å². The summed E-state index contributed by atoms with van der Waals surface area (Å²) in [5.41, 5.74) is 2.65. The van der Waals surface area contributed by atoms with Crippen LogP contribution >= 0.6 is 0 Å². The first-order valence-corrected chi connectivity index (χ1v) is 9.44. The monoisotopic (exact) mass is 344 g/mol. The maximum absolute atomic E-state index is 2.34. The van der Waals surface area contributed by atoms with Gasteiger partial charge in [0.2, 0.25) is 0 Å². The van der Waals surface area contributed by atoms with Gasteiger partial charge in [-0.1, -0.05) is 109 Å². The van der Waals surface area contributed by atoms with Gasteiger partial charge in [0.25, 0.3) is 0 Å². The lowest BCUT2D eigenvalue weighted by Crippen LogP contribution is -1.87. The smallest absolute Gasteiger partial charge is 0.00877 e. The highest BCUT2D eigenvalue weighted by Gasteiger charge is 2.05. The minimum atomic E-state index is 0.925. The summed E-state index contributed by atoms with van der Waals surface area (Å²) in [5, 5.41) is 7.91. The molecular weight excluding hydrogens is 324 g/mol. The highest BCUT2D eigenvalue weighted by molar-refractivity contribution is 6.09. The summed E-state index contributed by atoms with van der Waals surface area (Å²) in [7, 11) is 0. The molecule has 5 aromatic carbocycles. The van der Waals surface area contributed by atoms with Gasteiger partial charge in [0.15, 0.2) is 0 Å². The number of benzene rings is 5. The third kappa shape index (κ3) is 2.90. The summed E-state index contributed by atoms with van der Waals surface area (Å²) >= 11 is 0. The largest absolute Gasteiger partial charge is 0.0795 e. The van der Waals surface area contributed by atoms with Crippen LogP contribution < -0.4 is 0 Å². The van der Waals surface area contributed by atoms with Crippen LogP contribution in [0.5, 0.6) is 0 Å². The molecular formula is C27H20. The maximum atomic E-state index is 2.34. The Morgan fingerprint density at radius 3 is 2.00 bits per heavy atom. The van der Waals surface area contributed by atoms with Gasteiger partial charge in [-0.05, 0) is 49.9 Å². The Kier molecular flexibility index (Phi) is 3.95. The first-order chi connectivity index (χ1) is 13.4. The molecule has 0 aromatic heterocycles. The van der Waals surface area contributed by atoms with Crippen molar-refractivity contribution in [3.05, 3.63) is 114 Å². The zero-order valence-corrected chi connectivity index (χ0v) is 15.1. The number of fused-ring (bicyclic) bond motifs is 4. The summed E-state index contributed by atoms with van der Waals surface area (Å²) in [6.07, 6.45) is 5.47. The summed E-state index contributed by atoms with van der Waals surface area (Å²) in [6.45, 7) is 0. The molecule has 0 saturated carbocycles. The minimum Gasteiger partial charge on any atom is -0.0795 e. The molecule has 0 unspecified atom stereocenters. The molecule has 5 aromatic rings. The van der Waals surface area contributed by atoms with E-state index in [1.54, 1.807) is 0 Å². The van der Waals surface area contributed by atoms with Crippen LogP contribution in [0.2, 0.25) is 0 Å². The van der Waals surface area contributed by atoms with Crippen LogP contribution in [0.25, 0.3) is 38.4 Å². The minimum absolute atomic E-state index is 0.925. The van der Waals surface area contributed by atoms with Crippen molar-refractivity contribution >= 4 is 38.4 Å². The highest BCUT2D eigenvalue weighted by Crippen LogP contribution is 2.29. The molecule has 0 fully saturated rings. The Bertz CT molecular complexity index is 1290. The van der Waals surface area contributed by atoms with Gasteiger partial charge in [-0.15, -0.1) is 0 Å². The summed E-state index contributed by atoms with van der Waals surface area (Å²) in [6, 6.07) is 34.8. The van der Waals surface area contributed by atoms with Crippen molar-refractivity contribution in [1.82, 2.24) is 0 Å². The molecule has 0 aliphatic rings. The van der Waals surface area contributed by atoms with E-state index in [0.717, 1.165) is 6.42 Å². The van der Waals surface area contributed by atoms with Crippen molar-refractivity contribution in [3.8, 4) is 0 Å². The van der Waals surface area contributed by atoms with E-state index in [9.17, 15) is 0 Å². The molecule has 0 nitrogen and oxygen atoms in total. The fourth-order valence-corrected chi connectivity index (χ4v) is 4.01. The normalized spacial score (nSPS) is 11.7. The molecule has 0 bridgehead atoms. The van der Waals surface area contributed by atoms with Gasteiger partial charge in [-0.25, -0.2) is 0 Å². The van der Waals surface area contributed by atoms with Crippen molar-refractivity contribution in [3.63, 3.8) is 0 Å². The molecule has 0 aliphatic carbocycles. The predicted octanol–water partition coefficient (Wildman–Crippen LogP) is 7.40. The predicted molar refractivity (Wildman–Crippen MR) is 118 cm³/mol. The van der Waals surface area contributed by atoms with Crippen LogP contribution in [-0.4, -0.2) is 0 Å². The second kappa shape index (κ2) is 6.74. The molecule has 0 spiro atoms. The SMILES string of the molecule is C(=C/c1cccc2ccccc12)/Cc1cc2ccccc2c2ccccc12. The van der Waals surface area contributed by atoms with Crippen LogP contribution in [0.1, 0.15) is 11.1 Å². The lowest BCUT2D eigenvalue weighted by atomic mass is 9.95. The average Bonchev–Trinajstić information content (AvgIpc) is 2.74. The molecule has 0 heteroatoms. The van der Waals surface area contributed by atoms with Gasteiger partial charge in [-0.2, -0.15) is 0 Å². The Morgan fingerprint density at radius 1 is 0.519 bits per heavy atom. The first-order valence-electron chi connectivity index (χ1n) is 9.44. The van der Waals surface area contributed by atoms with Crippen molar-refractivity contribution in [2.24, 2.45) is 0 Å². The third-order valence-electron chi connectivity index (χ3n) is 5.31.